The molecule has 0 heterocycles. The van der Waals surface area contributed by atoms with Crippen molar-refractivity contribution in [3.05, 3.63) is 0 Å². The van der Waals surface area contributed by atoms with Gasteiger partial charge in [-0.25, -0.2) is 0 Å². The maximum atomic E-state index is 12.3. The number of alkyl halides is 3. The molecule has 0 radical (unpaired) electrons. The van der Waals surface area contributed by atoms with Crippen LogP contribution < -0.4 is 11.1 Å². The molecule has 0 spiro atoms. The molecule has 1 amide bonds. The van der Waals surface area contributed by atoms with Crippen molar-refractivity contribution >= 4 is 11.9 Å². The van der Waals surface area contributed by atoms with Gasteiger partial charge in [0.15, 0.2) is 5.54 Å². The Balaban J connectivity index is 4.16. The van der Waals surface area contributed by atoms with Crippen molar-refractivity contribution in [2.75, 3.05) is 13.2 Å². The van der Waals surface area contributed by atoms with Crippen molar-refractivity contribution < 1.29 is 27.5 Å². The van der Waals surface area contributed by atoms with Gasteiger partial charge in [-0.05, 0) is 13.8 Å². The number of nitrogens with one attached hydrogen (secondary N) is 1. The monoisotopic (exact) mass is 256 g/mol. The molecule has 100 valence electrons. The summed E-state index contributed by atoms with van der Waals surface area (Å²) in [4.78, 5) is 22.0. The van der Waals surface area contributed by atoms with E-state index in [1.165, 1.54) is 0 Å². The molecule has 1 unspecified atom stereocenters. The number of carbonyl (C=O) groups is 2. The molecule has 3 N–H and O–H groups in total. The average Bonchev–Trinajstić information content (AvgIpc) is 2.16. The first-order valence-electron chi connectivity index (χ1n) is 4.92. The number of hydrogen-bond acceptors (Lipinski definition) is 4. The van der Waals surface area contributed by atoms with E-state index in [1.807, 2.05) is 5.32 Å². The fourth-order valence-electron chi connectivity index (χ4n) is 0.824. The molecule has 5 nitrogen and oxygen atoms in total. The number of amides is 1. The van der Waals surface area contributed by atoms with Crippen LogP contribution in [0.2, 0.25) is 0 Å². The Morgan fingerprint density at radius 1 is 1.35 bits per heavy atom. The zero-order valence-electron chi connectivity index (χ0n) is 9.56. The van der Waals surface area contributed by atoms with Gasteiger partial charge in [-0.3, -0.25) is 9.59 Å². The predicted octanol–water partition coefficient (Wildman–Crippen LogP) is 0.335. The summed E-state index contributed by atoms with van der Waals surface area (Å²) >= 11 is 0. The Labute approximate surface area is 96.5 Å². The van der Waals surface area contributed by atoms with Crippen LogP contribution in [0.25, 0.3) is 0 Å². The number of nitrogens with two attached hydrogens (primary N) is 1. The summed E-state index contributed by atoms with van der Waals surface area (Å²) in [5.41, 5.74) is 1.89. The van der Waals surface area contributed by atoms with Gasteiger partial charge in [0, 0.05) is 6.54 Å². The molecule has 0 aliphatic rings. The van der Waals surface area contributed by atoms with Crippen LogP contribution >= 0.6 is 0 Å². The maximum Gasteiger partial charge on any atom is 0.415 e. The summed E-state index contributed by atoms with van der Waals surface area (Å²) in [5.74, 6) is -1.98. The van der Waals surface area contributed by atoms with Crippen LogP contribution in [0.5, 0.6) is 0 Å². The third-order valence-electron chi connectivity index (χ3n) is 1.98. The van der Waals surface area contributed by atoms with Crippen LogP contribution in [-0.4, -0.2) is 36.7 Å². The van der Waals surface area contributed by atoms with E-state index in [0.717, 1.165) is 0 Å². The molecule has 0 aliphatic heterocycles. The minimum Gasteiger partial charge on any atom is -0.466 e. The van der Waals surface area contributed by atoms with Crippen LogP contribution in [0.1, 0.15) is 20.3 Å². The average molecular weight is 256 g/mol. The van der Waals surface area contributed by atoms with Gasteiger partial charge < -0.3 is 15.8 Å². The first kappa shape index (κ1) is 15.7. The third kappa shape index (κ3) is 4.59. The van der Waals surface area contributed by atoms with E-state index < -0.39 is 23.6 Å². The molecule has 0 fully saturated rings. The van der Waals surface area contributed by atoms with E-state index in [4.69, 9.17) is 5.73 Å². The van der Waals surface area contributed by atoms with E-state index in [9.17, 15) is 22.8 Å². The van der Waals surface area contributed by atoms with E-state index in [0.29, 0.717) is 6.92 Å². The molecule has 0 aliphatic carbocycles. The van der Waals surface area contributed by atoms with Crippen LogP contribution in [0.3, 0.4) is 0 Å². The largest absolute Gasteiger partial charge is 0.466 e. The number of halogens is 3. The second-order valence-electron chi connectivity index (χ2n) is 3.51. The quantitative estimate of drug-likeness (QED) is 0.695. The Bertz CT molecular complexity index is 290. The van der Waals surface area contributed by atoms with Gasteiger partial charge in [0.1, 0.15) is 0 Å². The van der Waals surface area contributed by atoms with Crippen molar-refractivity contribution in [3.63, 3.8) is 0 Å². The molecule has 0 aromatic carbocycles. The van der Waals surface area contributed by atoms with Crippen LogP contribution in [0.4, 0.5) is 13.2 Å². The molecule has 0 aromatic rings. The van der Waals surface area contributed by atoms with Crippen LogP contribution in [0, 0.1) is 0 Å². The summed E-state index contributed by atoms with van der Waals surface area (Å²) in [5, 5.41) is 1.93. The molecule has 1 atom stereocenters. The van der Waals surface area contributed by atoms with Crippen LogP contribution in [-0.2, 0) is 14.3 Å². The summed E-state index contributed by atoms with van der Waals surface area (Å²) in [7, 11) is 0. The van der Waals surface area contributed by atoms with Crippen LogP contribution in [0.15, 0.2) is 0 Å². The molecule has 0 saturated carbocycles. The Morgan fingerprint density at radius 2 is 1.88 bits per heavy atom. The first-order chi connectivity index (χ1) is 7.63. The second-order valence-corrected chi connectivity index (χ2v) is 3.51. The summed E-state index contributed by atoms with van der Waals surface area (Å²) in [6.45, 7) is 2.08. The number of ether oxygens (including phenoxy) is 1. The zero-order valence-corrected chi connectivity index (χ0v) is 9.56. The van der Waals surface area contributed by atoms with Gasteiger partial charge in [0.05, 0.1) is 13.0 Å². The minimum atomic E-state index is -4.85. The van der Waals surface area contributed by atoms with E-state index in [1.54, 1.807) is 6.92 Å². The third-order valence-corrected chi connectivity index (χ3v) is 1.98. The van der Waals surface area contributed by atoms with Gasteiger partial charge >= 0.3 is 12.1 Å². The van der Waals surface area contributed by atoms with Gasteiger partial charge in [-0.15, -0.1) is 0 Å². The van der Waals surface area contributed by atoms with Gasteiger partial charge in [0.2, 0.25) is 5.91 Å². The molecule has 8 heteroatoms. The first-order valence-corrected chi connectivity index (χ1v) is 4.92. The number of hydrogen-bond donors (Lipinski definition) is 2. The van der Waals surface area contributed by atoms with E-state index >= 15 is 0 Å². The smallest absolute Gasteiger partial charge is 0.415 e. The van der Waals surface area contributed by atoms with Gasteiger partial charge in [0.25, 0.3) is 0 Å². The van der Waals surface area contributed by atoms with Crippen molar-refractivity contribution in [1.82, 2.24) is 5.32 Å². The maximum absolute atomic E-state index is 12.3. The zero-order chi connectivity index (χ0) is 13.7. The highest BCUT2D eigenvalue weighted by molar-refractivity contribution is 5.86. The lowest BCUT2D eigenvalue weighted by Crippen LogP contribution is -2.61. The van der Waals surface area contributed by atoms with E-state index in [2.05, 4.69) is 4.74 Å². The molecular formula is C9H15F3N2O3. The number of rotatable bonds is 5. The molecular weight excluding hydrogens is 241 g/mol. The van der Waals surface area contributed by atoms with Gasteiger partial charge in [-0.1, -0.05) is 0 Å². The normalized spacial score (nSPS) is 14.9. The minimum absolute atomic E-state index is 0.171. The lowest BCUT2D eigenvalue weighted by molar-refractivity contribution is -0.187. The van der Waals surface area contributed by atoms with Gasteiger partial charge in [-0.2, -0.15) is 13.2 Å². The molecule has 0 bridgehead atoms. The van der Waals surface area contributed by atoms with E-state index in [-0.39, 0.29) is 19.6 Å². The molecule has 0 aromatic heterocycles. The molecule has 0 saturated heterocycles. The fourth-order valence-corrected chi connectivity index (χ4v) is 0.824. The fraction of sp³-hybridized carbons (Fsp3) is 0.778. The Morgan fingerprint density at radius 3 is 2.29 bits per heavy atom. The lowest BCUT2D eigenvalue weighted by Gasteiger charge is -2.25. The summed E-state index contributed by atoms with van der Waals surface area (Å²) in [6.07, 6.45) is -5.05. The SMILES string of the molecule is CCOC(=O)CCNC(=O)C(C)(N)C(F)(F)F. The predicted molar refractivity (Wildman–Crippen MR) is 52.9 cm³/mol. The summed E-state index contributed by atoms with van der Waals surface area (Å²) < 4.78 is 41.5. The topological polar surface area (TPSA) is 81.4 Å². The standard InChI is InChI=1S/C9H15F3N2O3/c1-3-17-6(15)4-5-14-7(16)8(2,13)9(10,11)12/h3-5,13H2,1-2H3,(H,14,16). The highest BCUT2D eigenvalue weighted by Gasteiger charge is 2.53. The highest BCUT2D eigenvalue weighted by Crippen LogP contribution is 2.27. The number of esters is 1. The van der Waals surface area contributed by atoms with Crippen molar-refractivity contribution in [2.24, 2.45) is 5.73 Å². The molecule has 17 heavy (non-hydrogen) atoms. The lowest BCUT2D eigenvalue weighted by atomic mass is 10.0. The van der Waals surface area contributed by atoms with Crippen molar-refractivity contribution in [2.45, 2.75) is 32.0 Å². The highest BCUT2D eigenvalue weighted by atomic mass is 19.4. The molecule has 0 rings (SSSR count). The second kappa shape index (κ2) is 5.85. The van der Waals surface area contributed by atoms with Crippen molar-refractivity contribution in [1.29, 1.82) is 0 Å². The summed E-state index contributed by atoms with van der Waals surface area (Å²) in [6, 6.07) is 0. The van der Waals surface area contributed by atoms with Crippen molar-refractivity contribution in [3.8, 4) is 0 Å². The number of carbonyl (C=O) groups excluding carboxylic acids is 2. The Hall–Kier alpha value is -1.31. The Kier molecular flexibility index (Phi) is 5.40.